The van der Waals surface area contributed by atoms with Gasteiger partial charge in [-0.15, -0.1) is 0 Å². The lowest BCUT2D eigenvalue weighted by atomic mass is 9.91. The Bertz CT molecular complexity index is 583. The Morgan fingerprint density at radius 2 is 2.09 bits per heavy atom. The van der Waals surface area contributed by atoms with Gasteiger partial charge in [0.1, 0.15) is 0 Å². The zero-order chi connectivity index (χ0) is 16.7. The fourth-order valence-electron chi connectivity index (χ4n) is 3.22. The lowest BCUT2D eigenvalue weighted by Crippen LogP contribution is -2.30. The fourth-order valence-corrected chi connectivity index (χ4v) is 5.33. The summed E-state index contributed by atoms with van der Waals surface area (Å²) in [5.74, 6) is 0.329. The van der Waals surface area contributed by atoms with E-state index in [9.17, 15) is 19.4 Å². The van der Waals surface area contributed by atoms with Crippen molar-refractivity contribution in [1.29, 1.82) is 0 Å². The summed E-state index contributed by atoms with van der Waals surface area (Å²) < 4.78 is 12.3. The van der Waals surface area contributed by atoms with Crippen molar-refractivity contribution in [3.8, 4) is 0 Å². The summed E-state index contributed by atoms with van der Waals surface area (Å²) in [5.41, 5.74) is 0.646. The lowest BCUT2D eigenvalue weighted by molar-refractivity contribution is 0.189. The average molecular weight is 342 g/mol. The number of hydrogen-bond acceptors (Lipinski definition) is 4. The lowest BCUT2D eigenvalue weighted by Gasteiger charge is -2.25. The summed E-state index contributed by atoms with van der Waals surface area (Å²) in [6.07, 6.45) is 6.56. The van der Waals surface area contributed by atoms with Crippen LogP contribution in [0, 0.1) is 5.92 Å². The van der Waals surface area contributed by atoms with Gasteiger partial charge in [-0.1, -0.05) is 19.3 Å². The van der Waals surface area contributed by atoms with Crippen molar-refractivity contribution in [3.63, 3.8) is 0 Å². The summed E-state index contributed by atoms with van der Waals surface area (Å²) in [6, 6.07) is 3.26. The van der Waals surface area contributed by atoms with Crippen LogP contribution in [0.15, 0.2) is 23.1 Å². The first-order chi connectivity index (χ1) is 10.9. The van der Waals surface area contributed by atoms with Crippen LogP contribution in [0.1, 0.15) is 37.7 Å². The molecule has 1 heterocycles. The van der Waals surface area contributed by atoms with Crippen molar-refractivity contribution in [3.05, 3.63) is 34.2 Å². The Morgan fingerprint density at radius 1 is 1.35 bits per heavy atom. The van der Waals surface area contributed by atoms with Crippen LogP contribution in [-0.4, -0.2) is 40.0 Å². The predicted octanol–water partition coefficient (Wildman–Crippen LogP) is 1.68. The van der Waals surface area contributed by atoms with Crippen LogP contribution in [0.3, 0.4) is 0 Å². The van der Waals surface area contributed by atoms with Gasteiger partial charge in [0.25, 0.3) is 0 Å². The number of nitrogens with one attached hydrogen (secondary N) is 2. The standard InChI is InChI=1S/C16H27N2O4P/c19-15(10-17-9-14-6-7-18-16(20)8-14)12-23(21,22)11-13-4-2-1-3-5-13/h6-8,13,15,17,19H,1-5,9-12H2,(H,18,20)(H,21,22)/t15-/m0/s1. The maximum absolute atomic E-state index is 12.3. The van der Waals surface area contributed by atoms with Crippen molar-refractivity contribution in [2.45, 2.75) is 44.8 Å². The zero-order valence-electron chi connectivity index (χ0n) is 13.4. The van der Waals surface area contributed by atoms with Crippen molar-refractivity contribution in [1.82, 2.24) is 10.3 Å². The Hall–Kier alpha value is -0.940. The van der Waals surface area contributed by atoms with Crippen molar-refractivity contribution in [2.24, 2.45) is 5.92 Å². The summed E-state index contributed by atoms with van der Waals surface area (Å²) in [7, 11) is -3.28. The monoisotopic (exact) mass is 342 g/mol. The molecule has 1 fully saturated rings. The van der Waals surface area contributed by atoms with Gasteiger partial charge in [-0.05, 0) is 30.4 Å². The smallest absolute Gasteiger partial charge is 0.248 e. The predicted molar refractivity (Wildman–Crippen MR) is 90.9 cm³/mol. The van der Waals surface area contributed by atoms with E-state index in [0.717, 1.165) is 31.2 Å². The topological polar surface area (TPSA) is 102 Å². The second-order valence-corrected chi connectivity index (χ2v) is 8.98. The molecule has 130 valence electrons. The van der Waals surface area contributed by atoms with Gasteiger partial charge in [0.05, 0.1) is 12.3 Å². The number of H-pyrrole nitrogens is 1. The van der Waals surface area contributed by atoms with Gasteiger partial charge in [0.2, 0.25) is 12.9 Å². The van der Waals surface area contributed by atoms with Crippen LogP contribution in [0.25, 0.3) is 0 Å². The minimum Gasteiger partial charge on any atom is -0.391 e. The van der Waals surface area contributed by atoms with Crippen LogP contribution >= 0.6 is 7.37 Å². The van der Waals surface area contributed by atoms with Crippen molar-refractivity contribution in [2.75, 3.05) is 18.9 Å². The highest BCUT2D eigenvalue weighted by molar-refractivity contribution is 7.58. The number of aromatic amines is 1. The molecule has 0 amide bonds. The normalized spacial score (nSPS) is 20.1. The molecule has 1 aliphatic carbocycles. The van der Waals surface area contributed by atoms with E-state index in [1.165, 1.54) is 12.5 Å². The van der Waals surface area contributed by atoms with E-state index < -0.39 is 13.5 Å². The maximum atomic E-state index is 12.3. The third kappa shape index (κ3) is 7.00. The Labute approximate surface area is 136 Å². The number of aliphatic hydroxyl groups excluding tert-OH is 1. The molecule has 7 heteroatoms. The molecule has 0 spiro atoms. The highest BCUT2D eigenvalue weighted by Gasteiger charge is 2.27. The van der Waals surface area contributed by atoms with Crippen LogP contribution < -0.4 is 10.9 Å². The molecule has 0 saturated heterocycles. The molecular formula is C16H27N2O4P. The zero-order valence-corrected chi connectivity index (χ0v) is 14.3. The molecule has 6 nitrogen and oxygen atoms in total. The van der Waals surface area contributed by atoms with Gasteiger partial charge >= 0.3 is 0 Å². The third-order valence-electron chi connectivity index (χ3n) is 4.31. The molecule has 1 saturated carbocycles. The molecule has 0 bridgehead atoms. The molecule has 0 radical (unpaired) electrons. The summed E-state index contributed by atoms with van der Waals surface area (Å²) >= 11 is 0. The minimum atomic E-state index is -3.28. The Kier molecular flexibility index (Phi) is 7.03. The number of hydrogen-bond donors (Lipinski definition) is 4. The highest BCUT2D eigenvalue weighted by Crippen LogP contribution is 2.45. The Morgan fingerprint density at radius 3 is 2.78 bits per heavy atom. The summed E-state index contributed by atoms with van der Waals surface area (Å²) in [6.45, 7) is 0.682. The van der Waals surface area contributed by atoms with E-state index in [4.69, 9.17) is 0 Å². The molecule has 1 unspecified atom stereocenters. The van der Waals surface area contributed by atoms with Crippen LogP contribution in [-0.2, 0) is 11.1 Å². The van der Waals surface area contributed by atoms with E-state index in [2.05, 4.69) is 10.3 Å². The van der Waals surface area contributed by atoms with E-state index in [1.54, 1.807) is 12.3 Å². The van der Waals surface area contributed by atoms with E-state index >= 15 is 0 Å². The number of pyridine rings is 1. The van der Waals surface area contributed by atoms with Gasteiger partial charge < -0.3 is 20.3 Å². The summed E-state index contributed by atoms with van der Waals surface area (Å²) in [4.78, 5) is 23.8. The molecule has 4 N–H and O–H groups in total. The first-order valence-electron chi connectivity index (χ1n) is 8.32. The van der Waals surface area contributed by atoms with Crippen molar-refractivity contribution >= 4 is 7.37 Å². The van der Waals surface area contributed by atoms with Gasteiger partial charge in [-0.3, -0.25) is 9.36 Å². The molecule has 1 aromatic heterocycles. The second kappa shape index (κ2) is 8.78. The highest BCUT2D eigenvalue weighted by atomic mass is 31.2. The number of aliphatic hydroxyl groups is 1. The van der Waals surface area contributed by atoms with Crippen LogP contribution in [0.2, 0.25) is 0 Å². The van der Waals surface area contributed by atoms with Gasteiger partial charge in [0, 0.05) is 31.5 Å². The minimum absolute atomic E-state index is 0.0636. The largest absolute Gasteiger partial charge is 0.391 e. The van der Waals surface area contributed by atoms with Crippen LogP contribution in [0.4, 0.5) is 0 Å². The van der Waals surface area contributed by atoms with Gasteiger partial charge in [-0.2, -0.15) is 0 Å². The SMILES string of the molecule is O=c1cc(CNC[C@H](O)CP(=O)(O)CC2CCCCC2)cc[nH]1. The molecular weight excluding hydrogens is 315 g/mol. The second-order valence-electron chi connectivity index (χ2n) is 6.56. The average Bonchev–Trinajstić information content (AvgIpc) is 2.47. The van der Waals surface area contributed by atoms with Crippen molar-refractivity contribution < 1.29 is 14.6 Å². The molecule has 1 aliphatic rings. The van der Waals surface area contributed by atoms with Gasteiger partial charge in [0.15, 0.2) is 0 Å². The molecule has 0 aromatic carbocycles. The molecule has 23 heavy (non-hydrogen) atoms. The molecule has 1 aromatic rings. The quantitative estimate of drug-likeness (QED) is 0.538. The van der Waals surface area contributed by atoms with E-state index in [-0.39, 0.29) is 18.3 Å². The maximum Gasteiger partial charge on any atom is 0.248 e. The number of aromatic nitrogens is 1. The summed E-state index contributed by atoms with van der Waals surface area (Å²) in [5, 5.41) is 13.0. The van der Waals surface area contributed by atoms with E-state index in [1.807, 2.05) is 0 Å². The van der Waals surface area contributed by atoms with E-state index in [0.29, 0.717) is 18.6 Å². The Balaban J connectivity index is 1.71. The molecule has 2 rings (SSSR count). The fraction of sp³-hybridized carbons (Fsp3) is 0.688. The first-order valence-corrected chi connectivity index (χ1v) is 10.3. The van der Waals surface area contributed by atoms with Gasteiger partial charge in [-0.25, -0.2) is 0 Å². The first kappa shape index (κ1) is 18.4. The number of rotatable bonds is 8. The third-order valence-corrected chi connectivity index (χ3v) is 6.39. The molecule has 2 atom stereocenters. The van der Waals surface area contributed by atoms with Crippen LogP contribution in [0.5, 0.6) is 0 Å². The molecule has 0 aliphatic heterocycles.